The van der Waals surface area contributed by atoms with Crippen molar-refractivity contribution in [1.29, 1.82) is 0 Å². The molecular weight excluding hydrogens is 300 g/mol. The lowest BCUT2D eigenvalue weighted by atomic mass is 10.0. The predicted molar refractivity (Wildman–Crippen MR) is 92.9 cm³/mol. The zero-order valence-electron chi connectivity index (χ0n) is 13.0. The number of ether oxygens (including phenoxy) is 1. The quantitative estimate of drug-likeness (QED) is 0.518. The zero-order valence-corrected chi connectivity index (χ0v) is 13.0. The van der Waals surface area contributed by atoms with Gasteiger partial charge in [0.15, 0.2) is 12.4 Å². The maximum atomic E-state index is 12.1. The molecule has 0 aliphatic heterocycles. The highest BCUT2D eigenvalue weighted by atomic mass is 16.5. The molecule has 3 aromatic carbocycles. The molecule has 0 unspecified atom stereocenters. The summed E-state index contributed by atoms with van der Waals surface area (Å²) in [6.07, 6.45) is 0. The van der Waals surface area contributed by atoms with E-state index in [0.29, 0.717) is 11.1 Å². The van der Waals surface area contributed by atoms with E-state index in [-0.39, 0.29) is 12.4 Å². The summed E-state index contributed by atoms with van der Waals surface area (Å²) in [5.74, 6) is -0.719. The third kappa shape index (κ3) is 3.76. The first-order valence-electron chi connectivity index (χ1n) is 7.65. The molecule has 0 saturated heterocycles. The van der Waals surface area contributed by atoms with Crippen molar-refractivity contribution in [2.45, 2.75) is 0 Å². The van der Waals surface area contributed by atoms with Crippen LogP contribution >= 0.6 is 0 Å². The molecule has 3 aromatic rings. The van der Waals surface area contributed by atoms with Gasteiger partial charge in [-0.2, -0.15) is 0 Å². The van der Waals surface area contributed by atoms with Crippen molar-refractivity contribution in [1.82, 2.24) is 0 Å². The van der Waals surface area contributed by atoms with E-state index in [2.05, 4.69) is 0 Å². The summed E-state index contributed by atoms with van der Waals surface area (Å²) < 4.78 is 5.10. The molecule has 0 spiro atoms. The molecule has 24 heavy (non-hydrogen) atoms. The first-order valence-corrected chi connectivity index (χ1v) is 7.65. The molecule has 0 aromatic heterocycles. The van der Waals surface area contributed by atoms with Crippen LogP contribution in [0.2, 0.25) is 0 Å². The third-order valence-electron chi connectivity index (χ3n) is 3.66. The van der Waals surface area contributed by atoms with Crippen molar-refractivity contribution in [2.24, 2.45) is 0 Å². The number of carbonyl (C=O) groups is 2. The third-order valence-corrected chi connectivity index (χ3v) is 3.66. The van der Waals surface area contributed by atoms with Crippen molar-refractivity contribution in [3.05, 3.63) is 96.1 Å². The highest BCUT2D eigenvalue weighted by Crippen LogP contribution is 2.19. The molecule has 0 amide bonds. The van der Waals surface area contributed by atoms with Gasteiger partial charge in [0, 0.05) is 5.56 Å². The van der Waals surface area contributed by atoms with E-state index in [1.807, 2.05) is 48.5 Å². The van der Waals surface area contributed by atoms with Crippen LogP contribution in [0.1, 0.15) is 20.7 Å². The Morgan fingerprint density at radius 1 is 0.625 bits per heavy atom. The van der Waals surface area contributed by atoms with Crippen LogP contribution in [0, 0.1) is 0 Å². The van der Waals surface area contributed by atoms with Gasteiger partial charge in [-0.05, 0) is 23.3 Å². The minimum Gasteiger partial charge on any atom is -0.454 e. The summed E-state index contributed by atoms with van der Waals surface area (Å²) in [6.45, 7) is -0.261. The van der Waals surface area contributed by atoms with Gasteiger partial charge in [0.2, 0.25) is 0 Å². The van der Waals surface area contributed by atoms with E-state index in [9.17, 15) is 9.59 Å². The van der Waals surface area contributed by atoms with E-state index < -0.39 is 5.97 Å². The van der Waals surface area contributed by atoms with Gasteiger partial charge in [-0.15, -0.1) is 0 Å². The van der Waals surface area contributed by atoms with Crippen molar-refractivity contribution in [3.63, 3.8) is 0 Å². The maximum Gasteiger partial charge on any atom is 0.338 e. The fourth-order valence-electron chi connectivity index (χ4n) is 2.35. The van der Waals surface area contributed by atoms with Crippen LogP contribution in [0.3, 0.4) is 0 Å². The molecule has 0 radical (unpaired) electrons. The second-order valence-corrected chi connectivity index (χ2v) is 5.31. The molecule has 0 fully saturated rings. The van der Waals surface area contributed by atoms with Gasteiger partial charge in [0.1, 0.15) is 0 Å². The molecular formula is C21H16O3. The number of esters is 1. The Labute approximate surface area is 140 Å². The average molecular weight is 316 g/mol. The van der Waals surface area contributed by atoms with Gasteiger partial charge in [0.25, 0.3) is 0 Å². The Morgan fingerprint density at radius 3 is 1.79 bits per heavy atom. The summed E-state index contributed by atoms with van der Waals surface area (Å²) in [7, 11) is 0. The van der Waals surface area contributed by atoms with Gasteiger partial charge >= 0.3 is 5.97 Å². The summed E-state index contributed by atoms with van der Waals surface area (Å²) in [5, 5.41) is 0. The lowest BCUT2D eigenvalue weighted by molar-refractivity contribution is 0.0475. The lowest BCUT2D eigenvalue weighted by Crippen LogP contribution is -2.14. The van der Waals surface area contributed by atoms with Crippen LogP contribution in [-0.2, 0) is 4.74 Å². The van der Waals surface area contributed by atoms with Crippen LogP contribution in [0.15, 0.2) is 84.9 Å². The van der Waals surface area contributed by atoms with Crippen molar-refractivity contribution in [3.8, 4) is 11.1 Å². The highest BCUT2D eigenvalue weighted by molar-refractivity contribution is 5.99. The maximum absolute atomic E-state index is 12.1. The summed E-state index contributed by atoms with van der Waals surface area (Å²) >= 11 is 0. The minimum atomic E-state index is -0.501. The number of carbonyl (C=O) groups excluding carboxylic acids is 2. The van der Waals surface area contributed by atoms with E-state index >= 15 is 0 Å². The number of hydrogen-bond donors (Lipinski definition) is 0. The molecule has 0 N–H and O–H groups in total. The molecule has 0 heterocycles. The van der Waals surface area contributed by atoms with Crippen LogP contribution in [0.4, 0.5) is 0 Å². The summed E-state index contributed by atoms with van der Waals surface area (Å²) in [4.78, 5) is 24.0. The summed E-state index contributed by atoms with van der Waals surface area (Å²) in [5.41, 5.74) is 3.06. The Kier molecular flexibility index (Phi) is 4.82. The molecule has 0 bridgehead atoms. The van der Waals surface area contributed by atoms with E-state index in [4.69, 9.17) is 4.74 Å². The number of benzene rings is 3. The first kappa shape index (κ1) is 15.7. The molecule has 3 nitrogen and oxygen atoms in total. The van der Waals surface area contributed by atoms with E-state index in [1.54, 1.807) is 36.4 Å². The molecule has 0 atom stereocenters. The normalized spacial score (nSPS) is 10.2. The number of hydrogen-bond acceptors (Lipinski definition) is 3. The van der Waals surface area contributed by atoms with Gasteiger partial charge in [0.05, 0.1) is 5.56 Å². The van der Waals surface area contributed by atoms with Crippen LogP contribution in [-0.4, -0.2) is 18.4 Å². The molecule has 0 aliphatic carbocycles. The predicted octanol–water partition coefficient (Wildman–Crippen LogP) is 4.39. The van der Waals surface area contributed by atoms with Gasteiger partial charge in [-0.1, -0.05) is 72.8 Å². The average Bonchev–Trinajstić information content (AvgIpc) is 2.67. The van der Waals surface area contributed by atoms with Gasteiger partial charge in [-0.3, -0.25) is 4.79 Å². The second-order valence-electron chi connectivity index (χ2n) is 5.31. The molecule has 0 saturated carbocycles. The fraction of sp³-hybridized carbons (Fsp3) is 0.0476. The number of Topliss-reactive ketones (excluding diaryl/α,β-unsaturated/α-hetero) is 1. The Morgan fingerprint density at radius 2 is 1.17 bits per heavy atom. The topological polar surface area (TPSA) is 43.4 Å². The smallest absolute Gasteiger partial charge is 0.338 e. The standard InChI is InChI=1S/C21H16O3/c22-20(18-9-5-2-6-10-18)15-24-21(23)19-13-11-17(12-14-19)16-7-3-1-4-8-16/h1-14H,15H2. The Hall–Kier alpha value is -3.20. The van der Waals surface area contributed by atoms with Crippen molar-refractivity contribution >= 4 is 11.8 Å². The largest absolute Gasteiger partial charge is 0.454 e. The zero-order chi connectivity index (χ0) is 16.8. The molecule has 3 heteroatoms. The minimum absolute atomic E-state index is 0.218. The van der Waals surface area contributed by atoms with Crippen LogP contribution in [0.25, 0.3) is 11.1 Å². The Bertz CT molecular complexity index is 822. The fourth-order valence-corrected chi connectivity index (χ4v) is 2.35. The van der Waals surface area contributed by atoms with E-state index in [1.165, 1.54) is 0 Å². The van der Waals surface area contributed by atoms with Crippen molar-refractivity contribution in [2.75, 3.05) is 6.61 Å². The number of ketones is 1. The van der Waals surface area contributed by atoms with Gasteiger partial charge < -0.3 is 4.74 Å². The first-order chi connectivity index (χ1) is 11.7. The van der Waals surface area contributed by atoms with Gasteiger partial charge in [-0.25, -0.2) is 4.79 Å². The SMILES string of the molecule is O=C(COC(=O)c1ccc(-c2ccccc2)cc1)c1ccccc1. The molecule has 3 rings (SSSR count). The lowest BCUT2D eigenvalue weighted by Gasteiger charge is -2.06. The monoisotopic (exact) mass is 316 g/mol. The van der Waals surface area contributed by atoms with Crippen LogP contribution < -0.4 is 0 Å². The van der Waals surface area contributed by atoms with Crippen molar-refractivity contribution < 1.29 is 14.3 Å². The second kappa shape index (κ2) is 7.38. The van der Waals surface area contributed by atoms with Crippen LogP contribution in [0.5, 0.6) is 0 Å². The molecule has 118 valence electrons. The summed E-state index contributed by atoms with van der Waals surface area (Å²) in [6, 6.07) is 25.8. The van der Waals surface area contributed by atoms with E-state index in [0.717, 1.165) is 11.1 Å². The number of rotatable bonds is 5. The Balaban J connectivity index is 1.62. The highest BCUT2D eigenvalue weighted by Gasteiger charge is 2.11. The molecule has 0 aliphatic rings.